The molecule has 0 spiro atoms. The zero-order chi connectivity index (χ0) is 12.5. The average Bonchev–Trinajstić information content (AvgIpc) is 2.35. The predicted molar refractivity (Wildman–Crippen MR) is 65.4 cm³/mol. The minimum absolute atomic E-state index is 0.107. The molecule has 0 heterocycles. The van der Waals surface area contributed by atoms with Gasteiger partial charge in [-0.3, -0.25) is 4.79 Å². The van der Waals surface area contributed by atoms with Gasteiger partial charge in [-0.1, -0.05) is 30.3 Å². The largest absolute Gasteiger partial charge is 0.461 e. The molecule has 0 aromatic heterocycles. The van der Waals surface area contributed by atoms with E-state index in [0.717, 1.165) is 5.56 Å². The molecule has 1 aromatic carbocycles. The summed E-state index contributed by atoms with van der Waals surface area (Å²) in [6.45, 7) is 1.61. The molecule has 0 aliphatic heterocycles. The van der Waals surface area contributed by atoms with Gasteiger partial charge in [0.05, 0.1) is 13.0 Å². The van der Waals surface area contributed by atoms with Gasteiger partial charge in [-0.15, -0.1) is 0 Å². The van der Waals surface area contributed by atoms with Crippen LogP contribution in [0.5, 0.6) is 0 Å². The van der Waals surface area contributed by atoms with Crippen molar-refractivity contribution in [3.05, 3.63) is 35.9 Å². The second-order valence-corrected chi connectivity index (χ2v) is 3.92. The summed E-state index contributed by atoms with van der Waals surface area (Å²) >= 11 is 0. The number of esters is 1. The Hall–Kier alpha value is -1.39. The number of carbonyl (C=O) groups is 1. The van der Waals surface area contributed by atoms with Crippen molar-refractivity contribution in [2.75, 3.05) is 26.7 Å². The fourth-order valence-corrected chi connectivity index (χ4v) is 1.37. The van der Waals surface area contributed by atoms with Crippen LogP contribution in [-0.2, 0) is 16.1 Å². The standard InChI is InChI=1S/C13H19NO3/c1-14(9-10-15)8-7-13(16)17-11-12-5-3-2-4-6-12/h2-6,15H,7-11H2,1H3. The lowest BCUT2D eigenvalue weighted by Crippen LogP contribution is -2.25. The molecule has 0 unspecified atom stereocenters. The van der Waals surface area contributed by atoms with Crippen molar-refractivity contribution in [3.8, 4) is 0 Å². The lowest BCUT2D eigenvalue weighted by molar-refractivity contribution is -0.145. The van der Waals surface area contributed by atoms with Crippen molar-refractivity contribution in [1.82, 2.24) is 4.90 Å². The number of aliphatic hydroxyl groups excluding tert-OH is 1. The highest BCUT2D eigenvalue weighted by atomic mass is 16.5. The van der Waals surface area contributed by atoms with E-state index in [0.29, 0.717) is 26.1 Å². The highest BCUT2D eigenvalue weighted by molar-refractivity contribution is 5.69. The number of aliphatic hydroxyl groups is 1. The molecule has 0 amide bonds. The highest BCUT2D eigenvalue weighted by Gasteiger charge is 2.05. The molecule has 1 aromatic rings. The second-order valence-electron chi connectivity index (χ2n) is 3.92. The number of benzene rings is 1. The van der Waals surface area contributed by atoms with Crippen LogP contribution in [0.25, 0.3) is 0 Å². The van der Waals surface area contributed by atoms with E-state index < -0.39 is 0 Å². The Morgan fingerprint density at radius 1 is 1.29 bits per heavy atom. The van der Waals surface area contributed by atoms with E-state index in [2.05, 4.69) is 0 Å². The van der Waals surface area contributed by atoms with E-state index in [1.807, 2.05) is 42.3 Å². The molecule has 0 saturated heterocycles. The highest BCUT2D eigenvalue weighted by Crippen LogP contribution is 2.01. The van der Waals surface area contributed by atoms with E-state index in [4.69, 9.17) is 9.84 Å². The first-order valence-electron chi connectivity index (χ1n) is 5.71. The molecule has 0 bridgehead atoms. The first-order valence-corrected chi connectivity index (χ1v) is 5.71. The second kappa shape index (κ2) is 7.81. The summed E-state index contributed by atoms with van der Waals surface area (Å²) in [6, 6.07) is 9.60. The van der Waals surface area contributed by atoms with Crippen molar-refractivity contribution >= 4 is 5.97 Å². The summed E-state index contributed by atoms with van der Waals surface area (Å²) in [6.07, 6.45) is 0.351. The van der Waals surface area contributed by atoms with Gasteiger partial charge in [0.25, 0.3) is 0 Å². The van der Waals surface area contributed by atoms with Crippen LogP contribution >= 0.6 is 0 Å². The topological polar surface area (TPSA) is 49.8 Å². The maximum absolute atomic E-state index is 11.4. The van der Waals surface area contributed by atoms with Crippen LogP contribution in [0, 0.1) is 0 Å². The molecular weight excluding hydrogens is 218 g/mol. The SMILES string of the molecule is CN(CCO)CCC(=O)OCc1ccccc1. The minimum Gasteiger partial charge on any atom is -0.461 e. The Balaban J connectivity index is 2.17. The third-order valence-electron chi connectivity index (χ3n) is 2.42. The Morgan fingerprint density at radius 3 is 2.65 bits per heavy atom. The molecule has 1 N–H and O–H groups in total. The summed E-state index contributed by atoms with van der Waals surface area (Å²) in [5, 5.41) is 8.70. The van der Waals surface area contributed by atoms with Crippen LogP contribution in [0.15, 0.2) is 30.3 Å². The van der Waals surface area contributed by atoms with E-state index in [-0.39, 0.29) is 12.6 Å². The van der Waals surface area contributed by atoms with Gasteiger partial charge in [0.15, 0.2) is 0 Å². The van der Waals surface area contributed by atoms with Crippen LogP contribution in [-0.4, -0.2) is 42.7 Å². The maximum Gasteiger partial charge on any atom is 0.307 e. The Kier molecular flexibility index (Phi) is 6.29. The van der Waals surface area contributed by atoms with E-state index in [9.17, 15) is 4.79 Å². The van der Waals surface area contributed by atoms with Gasteiger partial charge in [0.1, 0.15) is 6.61 Å². The minimum atomic E-state index is -0.210. The Bertz CT molecular complexity index is 327. The summed E-state index contributed by atoms with van der Waals surface area (Å²) in [5.74, 6) is -0.210. The molecule has 0 saturated carbocycles. The van der Waals surface area contributed by atoms with Crippen molar-refractivity contribution in [3.63, 3.8) is 0 Å². The predicted octanol–water partition coefficient (Wildman–Crippen LogP) is 1.04. The van der Waals surface area contributed by atoms with Crippen LogP contribution < -0.4 is 0 Å². The Morgan fingerprint density at radius 2 is 2.00 bits per heavy atom. The molecule has 0 atom stereocenters. The summed E-state index contributed by atoms with van der Waals surface area (Å²) in [4.78, 5) is 13.3. The molecule has 17 heavy (non-hydrogen) atoms. The van der Waals surface area contributed by atoms with E-state index in [1.165, 1.54) is 0 Å². The third-order valence-corrected chi connectivity index (χ3v) is 2.42. The van der Waals surface area contributed by atoms with Crippen molar-refractivity contribution in [2.24, 2.45) is 0 Å². The zero-order valence-electron chi connectivity index (χ0n) is 10.1. The van der Waals surface area contributed by atoms with Gasteiger partial charge in [-0.25, -0.2) is 0 Å². The molecule has 0 aliphatic rings. The van der Waals surface area contributed by atoms with Gasteiger partial charge in [-0.05, 0) is 12.6 Å². The monoisotopic (exact) mass is 237 g/mol. The fraction of sp³-hybridized carbons (Fsp3) is 0.462. The number of hydrogen-bond acceptors (Lipinski definition) is 4. The number of ether oxygens (including phenoxy) is 1. The van der Waals surface area contributed by atoms with Gasteiger partial charge in [0, 0.05) is 13.1 Å². The quantitative estimate of drug-likeness (QED) is 0.720. The van der Waals surface area contributed by atoms with Crippen molar-refractivity contribution < 1.29 is 14.6 Å². The number of carbonyl (C=O) groups excluding carboxylic acids is 1. The van der Waals surface area contributed by atoms with Crippen LogP contribution in [0.2, 0.25) is 0 Å². The number of rotatable bonds is 7. The first-order chi connectivity index (χ1) is 8.22. The lowest BCUT2D eigenvalue weighted by atomic mass is 10.2. The summed E-state index contributed by atoms with van der Waals surface area (Å²) < 4.78 is 5.13. The molecule has 0 aliphatic carbocycles. The number of hydrogen-bond donors (Lipinski definition) is 1. The fourth-order valence-electron chi connectivity index (χ4n) is 1.37. The van der Waals surface area contributed by atoms with Crippen LogP contribution in [0.4, 0.5) is 0 Å². The molecule has 4 nitrogen and oxygen atoms in total. The zero-order valence-corrected chi connectivity index (χ0v) is 10.1. The Labute approximate surface area is 102 Å². The lowest BCUT2D eigenvalue weighted by Gasteiger charge is -2.14. The summed E-state index contributed by atoms with van der Waals surface area (Å²) in [5.41, 5.74) is 0.990. The molecule has 0 fully saturated rings. The van der Waals surface area contributed by atoms with Gasteiger partial charge in [0.2, 0.25) is 0 Å². The van der Waals surface area contributed by atoms with Gasteiger partial charge in [-0.2, -0.15) is 0 Å². The molecule has 4 heteroatoms. The van der Waals surface area contributed by atoms with Gasteiger partial charge < -0.3 is 14.7 Å². The first kappa shape index (κ1) is 13.7. The molecule has 1 rings (SSSR count). The maximum atomic E-state index is 11.4. The van der Waals surface area contributed by atoms with Crippen LogP contribution in [0.3, 0.4) is 0 Å². The normalized spacial score (nSPS) is 10.5. The average molecular weight is 237 g/mol. The smallest absolute Gasteiger partial charge is 0.307 e. The van der Waals surface area contributed by atoms with Crippen LogP contribution in [0.1, 0.15) is 12.0 Å². The van der Waals surface area contributed by atoms with E-state index in [1.54, 1.807) is 0 Å². The van der Waals surface area contributed by atoms with Crippen molar-refractivity contribution in [1.29, 1.82) is 0 Å². The van der Waals surface area contributed by atoms with Crippen molar-refractivity contribution in [2.45, 2.75) is 13.0 Å². The van der Waals surface area contributed by atoms with E-state index >= 15 is 0 Å². The number of nitrogens with zero attached hydrogens (tertiary/aromatic N) is 1. The number of likely N-dealkylation sites (N-methyl/N-ethyl adjacent to an activating group) is 1. The summed E-state index contributed by atoms with van der Waals surface area (Å²) in [7, 11) is 1.86. The molecule has 94 valence electrons. The third kappa shape index (κ3) is 6.04. The molecular formula is C13H19NO3. The molecule has 0 radical (unpaired) electrons. The van der Waals surface area contributed by atoms with Gasteiger partial charge >= 0.3 is 5.97 Å².